The van der Waals surface area contributed by atoms with Crippen LogP contribution in [0.1, 0.15) is 30.2 Å². The zero-order valence-electron chi connectivity index (χ0n) is 16.9. The van der Waals surface area contributed by atoms with Crippen molar-refractivity contribution < 1.29 is 4.42 Å². The second-order valence-electron chi connectivity index (χ2n) is 6.96. The molecule has 0 bridgehead atoms. The lowest BCUT2D eigenvalue weighted by Gasteiger charge is -2.26. The van der Waals surface area contributed by atoms with Crippen LogP contribution in [0.25, 0.3) is 0 Å². The van der Waals surface area contributed by atoms with E-state index in [1.807, 2.05) is 37.3 Å². The normalized spacial score (nSPS) is 15.8. The summed E-state index contributed by atoms with van der Waals surface area (Å²) in [6.45, 7) is 3.64. The Morgan fingerprint density at radius 1 is 1.25 bits per heavy atom. The van der Waals surface area contributed by atoms with E-state index in [0.717, 1.165) is 42.7 Å². The van der Waals surface area contributed by atoms with Gasteiger partial charge in [-0.3, -0.25) is 9.89 Å². The number of nitrogens with zero attached hydrogens (tertiary/aromatic N) is 4. The predicted molar refractivity (Wildman–Crippen MR) is 124 cm³/mol. The second kappa shape index (κ2) is 11.3. The lowest BCUT2D eigenvalue weighted by atomic mass is 10.2. The van der Waals surface area contributed by atoms with Crippen molar-refractivity contribution in [2.75, 3.05) is 45.7 Å². The summed E-state index contributed by atoms with van der Waals surface area (Å²) < 4.78 is 5.69. The molecule has 1 fully saturated rings. The van der Waals surface area contributed by atoms with E-state index < -0.39 is 0 Å². The molecule has 1 atom stereocenters. The van der Waals surface area contributed by atoms with E-state index >= 15 is 0 Å². The number of hydrogen-bond acceptors (Lipinski definition) is 5. The van der Waals surface area contributed by atoms with E-state index in [-0.39, 0.29) is 30.0 Å². The lowest BCUT2D eigenvalue weighted by molar-refractivity contribution is 0.215. The zero-order valence-corrected chi connectivity index (χ0v) is 19.2. The number of furan rings is 1. The van der Waals surface area contributed by atoms with Gasteiger partial charge in [-0.2, -0.15) is 0 Å². The van der Waals surface area contributed by atoms with Crippen molar-refractivity contribution >= 4 is 35.8 Å². The Morgan fingerprint density at radius 3 is 2.68 bits per heavy atom. The van der Waals surface area contributed by atoms with Crippen molar-refractivity contribution in [3.63, 3.8) is 0 Å². The summed E-state index contributed by atoms with van der Waals surface area (Å²) in [5.74, 6) is 2.74. The van der Waals surface area contributed by atoms with Crippen molar-refractivity contribution in [3.8, 4) is 0 Å². The first-order valence-corrected chi connectivity index (χ1v) is 9.52. The number of likely N-dealkylation sites (tertiary alicyclic amines) is 1. The van der Waals surface area contributed by atoms with Gasteiger partial charge in [-0.1, -0.05) is 6.07 Å². The van der Waals surface area contributed by atoms with Crippen molar-refractivity contribution in [2.45, 2.75) is 25.4 Å². The lowest BCUT2D eigenvalue weighted by Crippen LogP contribution is -2.42. The number of pyridine rings is 1. The molecule has 28 heavy (non-hydrogen) atoms. The molecule has 1 saturated heterocycles. The molecule has 0 saturated carbocycles. The Kier molecular flexibility index (Phi) is 9.04. The molecule has 8 heteroatoms. The summed E-state index contributed by atoms with van der Waals surface area (Å²) in [4.78, 5) is 13.3. The third kappa shape index (κ3) is 5.84. The molecule has 1 aliphatic heterocycles. The Hall–Kier alpha value is -1.81. The Labute approximate surface area is 184 Å². The van der Waals surface area contributed by atoms with E-state index in [1.54, 1.807) is 13.3 Å². The fourth-order valence-corrected chi connectivity index (χ4v) is 3.51. The molecule has 3 heterocycles. The SMILES string of the molecule is CN=C(NCc1cccnc1N(C)C)NCC(c1ccco1)N1CCCC1.I. The first kappa shape index (κ1) is 22.5. The van der Waals surface area contributed by atoms with Gasteiger partial charge in [0.1, 0.15) is 11.6 Å². The summed E-state index contributed by atoms with van der Waals surface area (Å²) in [6, 6.07) is 8.27. The molecule has 3 rings (SSSR count). The molecular weight excluding hydrogens is 467 g/mol. The maximum absolute atomic E-state index is 5.69. The number of nitrogens with one attached hydrogen (secondary N) is 2. The van der Waals surface area contributed by atoms with Crippen LogP contribution in [0.15, 0.2) is 46.1 Å². The third-order valence-electron chi connectivity index (χ3n) is 4.88. The largest absolute Gasteiger partial charge is 0.468 e. The number of aliphatic imine (C=N–C) groups is 1. The van der Waals surface area contributed by atoms with Crippen molar-refractivity contribution in [3.05, 3.63) is 48.0 Å². The van der Waals surface area contributed by atoms with Crippen molar-refractivity contribution in [1.82, 2.24) is 20.5 Å². The zero-order chi connectivity index (χ0) is 19.1. The Bertz CT molecular complexity index is 728. The van der Waals surface area contributed by atoms with Gasteiger partial charge in [0, 0.05) is 46.0 Å². The Morgan fingerprint density at radius 2 is 2.04 bits per heavy atom. The van der Waals surface area contributed by atoms with Crippen LogP contribution in [0.5, 0.6) is 0 Å². The minimum absolute atomic E-state index is 0. The van der Waals surface area contributed by atoms with Crippen LogP contribution in [-0.4, -0.2) is 56.6 Å². The molecular formula is C20H31IN6O. The van der Waals surface area contributed by atoms with Crippen molar-refractivity contribution in [1.29, 1.82) is 0 Å². The molecule has 7 nitrogen and oxygen atoms in total. The molecule has 0 amide bonds. The number of rotatable bonds is 7. The summed E-state index contributed by atoms with van der Waals surface area (Å²) in [7, 11) is 5.80. The highest BCUT2D eigenvalue weighted by Crippen LogP contribution is 2.24. The van der Waals surface area contributed by atoms with Gasteiger partial charge in [0.15, 0.2) is 5.96 Å². The van der Waals surface area contributed by atoms with Crippen LogP contribution < -0.4 is 15.5 Å². The highest BCUT2D eigenvalue weighted by Gasteiger charge is 2.25. The number of halogens is 1. The first-order chi connectivity index (χ1) is 13.2. The Balaban J connectivity index is 0.00000280. The quantitative estimate of drug-likeness (QED) is 0.348. The third-order valence-corrected chi connectivity index (χ3v) is 4.88. The van der Waals surface area contributed by atoms with E-state index in [1.165, 1.54) is 12.8 Å². The van der Waals surface area contributed by atoms with Crippen LogP contribution in [0, 0.1) is 0 Å². The van der Waals surface area contributed by atoms with E-state index in [9.17, 15) is 0 Å². The molecule has 0 aromatic carbocycles. The average molecular weight is 498 g/mol. The van der Waals surface area contributed by atoms with Crippen LogP contribution in [-0.2, 0) is 6.54 Å². The van der Waals surface area contributed by atoms with Gasteiger partial charge in [0.2, 0.25) is 0 Å². The number of guanidine groups is 1. The minimum Gasteiger partial charge on any atom is -0.468 e. The van der Waals surface area contributed by atoms with E-state index in [2.05, 4.69) is 37.6 Å². The van der Waals surface area contributed by atoms with Crippen LogP contribution in [0.3, 0.4) is 0 Å². The molecule has 0 radical (unpaired) electrons. The van der Waals surface area contributed by atoms with Gasteiger partial charge in [0.25, 0.3) is 0 Å². The van der Waals surface area contributed by atoms with Gasteiger partial charge in [0.05, 0.1) is 12.3 Å². The molecule has 1 unspecified atom stereocenters. The molecule has 154 valence electrons. The van der Waals surface area contributed by atoms with Crippen LogP contribution >= 0.6 is 24.0 Å². The number of hydrogen-bond donors (Lipinski definition) is 2. The van der Waals surface area contributed by atoms with Gasteiger partial charge in [-0.15, -0.1) is 24.0 Å². The topological polar surface area (TPSA) is 68.9 Å². The summed E-state index contributed by atoms with van der Waals surface area (Å²) in [6.07, 6.45) is 6.06. The number of anilines is 1. The molecule has 0 aliphatic carbocycles. The maximum Gasteiger partial charge on any atom is 0.191 e. The first-order valence-electron chi connectivity index (χ1n) is 9.52. The molecule has 2 aromatic rings. The molecule has 2 N–H and O–H groups in total. The van der Waals surface area contributed by atoms with Crippen molar-refractivity contribution in [2.24, 2.45) is 4.99 Å². The van der Waals surface area contributed by atoms with Gasteiger partial charge in [-0.25, -0.2) is 4.98 Å². The minimum atomic E-state index is 0. The van der Waals surface area contributed by atoms with Gasteiger partial charge >= 0.3 is 0 Å². The molecule has 0 spiro atoms. The standard InChI is InChI=1S/C20H30N6O.HI/c1-21-20(23-14-16-8-6-10-22-19(16)25(2)3)24-15-17(18-9-7-13-27-18)26-11-4-5-12-26;/h6-10,13,17H,4-5,11-12,14-15H2,1-3H3,(H2,21,23,24);1H. The van der Waals surface area contributed by atoms with Gasteiger partial charge < -0.3 is 20.0 Å². The average Bonchev–Trinajstić information content (AvgIpc) is 3.39. The smallest absolute Gasteiger partial charge is 0.191 e. The second-order valence-corrected chi connectivity index (χ2v) is 6.96. The van der Waals surface area contributed by atoms with Gasteiger partial charge in [-0.05, 0) is 44.1 Å². The maximum atomic E-state index is 5.69. The summed E-state index contributed by atoms with van der Waals surface area (Å²) in [5.41, 5.74) is 1.13. The highest BCUT2D eigenvalue weighted by molar-refractivity contribution is 14.0. The van der Waals surface area contributed by atoms with E-state index in [0.29, 0.717) is 6.54 Å². The highest BCUT2D eigenvalue weighted by atomic mass is 127. The van der Waals surface area contributed by atoms with Crippen LogP contribution in [0.4, 0.5) is 5.82 Å². The van der Waals surface area contributed by atoms with E-state index in [4.69, 9.17) is 4.42 Å². The monoisotopic (exact) mass is 498 g/mol. The fourth-order valence-electron chi connectivity index (χ4n) is 3.51. The fraction of sp³-hybridized carbons (Fsp3) is 0.500. The predicted octanol–water partition coefficient (Wildman–Crippen LogP) is 2.86. The molecule has 2 aromatic heterocycles. The summed E-state index contributed by atoms with van der Waals surface area (Å²) in [5, 5.41) is 6.85. The molecule has 1 aliphatic rings. The van der Waals surface area contributed by atoms with Crippen LogP contribution in [0.2, 0.25) is 0 Å². The summed E-state index contributed by atoms with van der Waals surface area (Å²) >= 11 is 0. The number of aromatic nitrogens is 1.